The van der Waals surface area contributed by atoms with Crippen LogP contribution in [0.1, 0.15) is 29.6 Å². The fourth-order valence-electron chi connectivity index (χ4n) is 1.75. The molecule has 0 radical (unpaired) electrons. The minimum Gasteiger partial charge on any atom is -0.359 e. The third kappa shape index (κ3) is 5.37. The summed E-state index contributed by atoms with van der Waals surface area (Å²) in [5, 5.41) is 3.68. The number of carbonyl (C=O) groups is 1. The van der Waals surface area contributed by atoms with Gasteiger partial charge in [0.15, 0.2) is 11.5 Å². The monoisotopic (exact) mass is 269 g/mol. The van der Waals surface area contributed by atoms with Gasteiger partial charge in [-0.3, -0.25) is 15.1 Å². The minimum atomic E-state index is -0.439. The van der Waals surface area contributed by atoms with Crippen molar-refractivity contribution >= 4 is 5.91 Å². The molecule has 0 unspecified atom stereocenters. The molecule has 1 amide bonds. The molecule has 0 atom stereocenters. The summed E-state index contributed by atoms with van der Waals surface area (Å²) >= 11 is 0. The van der Waals surface area contributed by atoms with E-state index < -0.39 is 5.91 Å². The largest absolute Gasteiger partial charge is 0.359 e. The first-order chi connectivity index (χ1) is 9.06. The van der Waals surface area contributed by atoms with Gasteiger partial charge in [-0.25, -0.2) is 5.84 Å². The number of hydrogen-bond donors (Lipinski definition) is 2. The van der Waals surface area contributed by atoms with Crippen LogP contribution in [-0.4, -0.2) is 54.6 Å². The molecule has 1 rings (SSSR count). The Morgan fingerprint density at radius 1 is 1.47 bits per heavy atom. The third-order valence-corrected chi connectivity index (χ3v) is 2.83. The first-order valence-corrected chi connectivity index (χ1v) is 6.40. The summed E-state index contributed by atoms with van der Waals surface area (Å²) < 4.78 is 5.13. The molecule has 0 bridgehead atoms. The molecule has 0 aliphatic rings. The zero-order valence-electron chi connectivity index (χ0n) is 11.8. The molecule has 1 heterocycles. The van der Waals surface area contributed by atoms with Gasteiger partial charge in [-0.05, 0) is 40.2 Å². The number of carbonyl (C=O) groups excluding carboxylic acids is 1. The number of nitrogen functional groups attached to an aromatic ring is 1. The van der Waals surface area contributed by atoms with Crippen LogP contribution in [0.4, 0.5) is 0 Å². The maximum Gasteiger partial charge on any atom is 0.287 e. The molecule has 0 aliphatic carbocycles. The van der Waals surface area contributed by atoms with Crippen molar-refractivity contribution < 1.29 is 9.32 Å². The molecule has 0 saturated heterocycles. The molecule has 7 heteroatoms. The summed E-state index contributed by atoms with van der Waals surface area (Å²) in [6, 6.07) is 1.62. The lowest BCUT2D eigenvalue weighted by molar-refractivity contribution is 0.0944. The number of nitrogens with one attached hydrogen (secondary N) is 1. The average molecular weight is 269 g/mol. The standard InChI is InChI=1S/C12H23N5O2/c1-4-17(7-5-6-16(2)3)9-10-8-11(15-19-10)12(18)14-13/h8H,4-7,9,13H2,1-3H3,(H,14,18). The predicted octanol–water partition coefficient (Wildman–Crippen LogP) is 0.0517. The second kappa shape index (κ2) is 7.88. The number of hydrogen-bond acceptors (Lipinski definition) is 6. The number of nitrogens with zero attached hydrogens (tertiary/aromatic N) is 3. The molecule has 0 saturated carbocycles. The Morgan fingerprint density at radius 3 is 2.79 bits per heavy atom. The first kappa shape index (κ1) is 15.6. The molecule has 1 aromatic heterocycles. The van der Waals surface area contributed by atoms with Crippen LogP contribution in [0.25, 0.3) is 0 Å². The summed E-state index contributed by atoms with van der Waals surface area (Å²) in [6.45, 7) is 5.70. The van der Waals surface area contributed by atoms with E-state index in [0.717, 1.165) is 26.1 Å². The highest BCUT2D eigenvalue weighted by molar-refractivity contribution is 5.91. The maximum atomic E-state index is 11.3. The van der Waals surface area contributed by atoms with Gasteiger partial charge in [-0.15, -0.1) is 0 Å². The van der Waals surface area contributed by atoms with E-state index in [-0.39, 0.29) is 5.69 Å². The maximum absolute atomic E-state index is 11.3. The zero-order chi connectivity index (χ0) is 14.3. The van der Waals surface area contributed by atoms with Crippen LogP contribution < -0.4 is 11.3 Å². The Bertz CT molecular complexity index is 391. The van der Waals surface area contributed by atoms with Gasteiger partial charge in [0.05, 0.1) is 6.54 Å². The van der Waals surface area contributed by atoms with Crippen molar-refractivity contribution in [1.29, 1.82) is 0 Å². The van der Waals surface area contributed by atoms with Crippen molar-refractivity contribution in [2.45, 2.75) is 19.9 Å². The van der Waals surface area contributed by atoms with E-state index in [9.17, 15) is 4.79 Å². The normalized spacial score (nSPS) is 11.3. The van der Waals surface area contributed by atoms with Gasteiger partial charge < -0.3 is 9.42 Å². The Balaban J connectivity index is 2.46. The van der Waals surface area contributed by atoms with Crippen molar-refractivity contribution in [3.05, 3.63) is 17.5 Å². The fraction of sp³-hybridized carbons (Fsp3) is 0.667. The van der Waals surface area contributed by atoms with E-state index in [1.54, 1.807) is 6.07 Å². The average Bonchev–Trinajstić information content (AvgIpc) is 2.84. The quantitative estimate of drug-likeness (QED) is 0.394. The molecule has 0 fully saturated rings. The van der Waals surface area contributed by atoms with Crippen molar-refractivity contribution in [2.24, 2.45) is 5.84 Å². The molecule has 3 N–H and O–H groups in total. The molecular weight excluding hydrogens is 246 g/mol. The number of hydrazine groups is 1. The summed E-state index contributed by atoms with van der Waals surface area (Å²) in [7, 11) is 4.12. The molecule has 7 nitrogen and oxygen atoms in total. The molecular formula is C12H23N5O2. The molecule has 19 heavy (non-hydrogen) atoms. The highest BCUT2D eigenvalue weighted by Gasteiger charge is 2.13. The fourth-order valence-corrected chi connectivity index (χ4v) is 1.75. The lowest BCUT2D eigenvalue weighted by atomic mass is 10.3. The number of aromatic nitrogens is 1. The van der Waals surface area contributed by atoms with E-state index in [4.69, 9.17) is 10.4 Å². The molecule has 0 aromatic carbocycles. The number of amides is 1. The van der Waals surface area contributed by atoms with Crippen molar-refractivity contribution in [3.8, 4) is 0 Å². The smallest absolute Gasteiger partial charge is 0.287 e. The third-order valence-electron chi connectivity index (χ3n) is 2.83. The van der Waals surface area contributed by atoms with Gasteiger partial charge in [-0.1, -0.05) is 12.1 Å². The van der Waals surface area contributed by atoms with Crippen LogP contribution in [-0.2, 0) is 6.54 Å². The van der Waals surface area contributed by atoms with Gasteiger partial charge in [0, 0.05) is 6.07 Å². The molecule has 1 aromatic rings. The zero-order valence-corrected chi connectivity index (χ0v) is 11.8. The topological polar surface area (TPSA) is 87.6 Å². The lowest BCUT2D eigenvalue weighted by Gasteiger charge is -2.19. The van der Waals surface area contributed by atoms with Gasteiger partial charge in [0.2, 0.25) is 0 Å². The Hall–Kier alpha value is -1.44. The van der Waals surface area contributed by atoms with Crippen molar-refractivity contribution in [1.82, 2.24) is 20.4 Å². The Morgan fingerprint density at radius 2 is 2.21 bits per heavy atom. The minimum absolute atomic E-state index is 0.210. The van der Waals surface area contributed by atoms with E-state index in [0.29, 0.717) is 12.3 Å². The second-order valence-electron chi connectivity index (χ2n) is 4.68. The summed E-state index contributed by atoms with van der Waals surface area (Å²) in [5.74, 6) is 5.27. The number of nitrogens with two attached hydrogens (primary N) is 1. The summed E-state index contributed by atoms with van der Waals surface area (Å²) in [4.78, 5) is 15.7. The number of rotatable bonds is 8. The Kier molecular flexibility index (Phi) is 6.48. The lowest BCUT2D eigenvalue weighted by Crippen LogP contribution is -2.30. The van der Waals surface area contributed by atoms with Gasteiger partial charge in [0.25, 0.3) is 5.91 Å². The van der Waals surface area contributed by atoms with Gasteiger partial charge in [-0.2, -0.15) is 0 Å². The van der Waals surface area contributed by atoms with Crippen LogP contribution in [0, 0.1) is 0 Å². The van der Waals surface area contributed by atoms with E-state index >= 15 is 0 Å². The Labute approximate surface area is 113 Å². The van der Waals surface area contributed by atoms with E-state index in [2.05, 4.69) is 36.0 Å². The molecule has 0 aliphatic heterocycles. The molecule has 108 valence electrons. The van der Waals surface area contributed by atoms with Crippen LogP contribution in [0.3, 0.4) is 0 Å². The highest BCUT2D eigenvalue weighted by Crippen LogP contribution is 2.07. The highest BCUT2D eigenvalue weighted by atomic mass is 16.5. The first-order valence-electron chi connectivity index (χ1n) is 6.40. The van der Waals surface area contributed by atoms with Crippen LogP contribution in [0.2, 0.25) is 0 Å². The van der Waals surface area contributed by atoms with Crippen LogP contribution in [0.15, 0.2) is 10.6 Å². The molecule has 0 spiro atoms. The predicted molar refractivity (Wildman–Crippen MR) is 72.3 cm³/mol. The van der Waals surface area contributed by atoms with E-state index in [1.165, 1.54) is 0 Å². The van der Waals surface area contributed by atoms with Crippen molar-refractivity contribution in [3.63, 3.8) is 0 Å². The summed E-state index contributed by atoms with van der Waals surface area (Å²) in [6.07, 6.45) is 1.09. The summed E-state index contributed by atoms with van der Waals surface area (Å²) in [5.41, 5.74) is 2.24. The van der Waals surface area contributed by atoms with E-state index in [1.807, 2.05) is 5.43 Å². The second-order valence-corrected chi connectivity index (χ2v) is 4.68. The van der Waals surface area contributed by atoms with Crippen LogP contribution in [0.5, 0.6) is 0 Å². The van der Waals surface area contributed by atoms with Crippen LogP contribution >= 0.6 is 0 Å². The van der Waals surface area contributed by atoms with Crippen molar-refractivity contribution in [2.75, 3.05) is 33.7 Å². The SMILES string of the molecule is CCN(CCCN(C)C)Cc1cc(C(=O)NN)no1. The van der Waals surface area contributed by atoms with Gasteiger partial charge in [0.1, 0.15) is 0 Å². The van der Waals surface area contributed by atoms with Gasteiger partial charge >= 0.3 is 0 Å².